The summed E-state index contributed by atoms with van der Waals surface area (Å²) in [5.74, 6) is 2.11. The van der Waals surface area contributed by atoms with Gasteiger partial charge in [0.2, 0.25) is 0 Å². The van der Waals surface area contributed by atoms with Crippen molar-refractivity contribution in [2.45, 2.75) is 43.8 Å². The first kappa shape index (κ1) is 13.7. The van der Waals surface area contributed by atoms with Crippen molar-refractivity contribution >= 4 is 11.8 Å². The summed E-state index contributed by atoms with van der Waals surface area (Å²) in [5.41, 5.74) is 0. The summed E-state index contributed by atoms with van der Waals surface area (Å²) >= 11 is 2.21. The van der Waals surface area contributed by atoms with Gasteiger partial charge in [-0.25, -0.2) is 0 Å². The highest BCUT2D eigenvalue weighted by atomic mass is 32.2. The molecule has 0 aromatic rings. The van der Waals surface area contributed by atoms with Crippen molar-refractivity contribution in [2.24, 2.45) is 5.92 Å². The van der Waals surface area contributed by atoms with Gasteiger partial charge in [-0.3, -0.25) is 0 Å². The smallest absolute Gasteiger partial charge is 0.0507 e. The number of thioether (sulfide) groups is 1. The second-order valence-corrected chi connectivity index (χ2v) is 7.03. The summed E-state index contributed by atoms with van der Waals surface area (Å²) in [6, 6.07) is 0. The van der Waals surface area contributed by atoms with Crippen molar-refractivity contribution in [3.8, 4) is 0 Å². The molecule has 1 saturated heterocycles. The molecule has 2 aliphatic rings. The van der Waals surface area contributed by atoms with E-state index in [0.29, 0.717) is 0 Å². The van der Waals surface area contributed by atoms with Crippen molar-refractivity contribution in [1.82, 2.24) is 4.90 Å². The molecule has 0 spiro atoms. The van der Waals surface area contributed by atoms with Crippen LogP contribution < -0.4 is 0 Å². The van der Waals surface area contributed by atoms with Gasteiger partial charge in [0.1, 0.15) is 0 Å². The average Bonchev–Trinajstić information content (AvgIpc) is 2.83. The highest BCUT2D eigenvalue weighted by molar-refractivity contribution is 7.99. The second-order valence-electron chi connectivity index (χ2n) is 5.62. The maximum Gasteiger partial charge on any atom is 0.0507 e. The minimum Gasteiger partial charge on any atom is -0.381 e. The highest BCUT2D eigenvalue weighted by Crippen LogP contribution is 2.28. The molecule has 1 heterocycles. The molecule has 1 atom stereocenters. The van der Waals surface area contributed by atoms with Gasteiger partial charge in [-0.2, -0.15) is 11.8 Å². The summed E-state index contributed by atoms with van der Waals surface area (Å²) in [6.07, 6.45) is 8.59. The van der Waals surface area contributed by atoms with Gasteiger partial charge in [-0.05, 0) is 32.2 Å². The first-order valence-electron chi connectivity index (χ1n) is 7.22. The van der Waals surface area contributed by atoms with Crippen molar-refractivity contribution in [3.63, 3.8) is 0 Å². The summed E-state index contributed by atoms with van der Waals surface area (Å²) in [7, 11) is 2.26. The third kappa shape index (κ3) is 5.19. The fraction of sp³-hybridized carbons (Fsp3) is 1.00. The maximum atomic E-state index is 5.43. The summed E-state index contributed by atoms with van der Waals surface area (Å²) < 4.78 is 5.43. The van der Waals surface area contributed by atoms with Crippen LogP contribution in [0.3, 0.4) is 0 Å². The molecular formula is C14H27NOS. The Labute approximate surface area is 110 Å². The summed E-state index contributed by atoms with van der Waals surface area (Å²) in [4.78, 5) is 2.50. The predicted octanol–water partition coefficient (Wildman–Crippen LogP) is 3.02. The lowest BCUT2D eigenvalue weighted by Crippen LogP contribution is -2.28. The van der Waals surface area contributed by atoms with Crippen LogP contribution in [0.5, 0.6) is 0 Å². The molecule has 0 aromatic heterocycles. The number of rotatable bonds is 6. The molecule has 2 nitrogen and oxygen atoms in total. The quantitative estimate of drug-likeness (QED) is 0.726. The van der Waals surface area contributed by atoms with Crippen LogP contribution in [-0.4, -0.2) is 49.3 Å². The predicted molar refractivity (Wildman–Crippen MR) is 75.8 cm³/mol. The Morgan fingerprint density at radius 2 is 2.00 bits per heavy atom. The Hall–Kier alpha value is 0.270. The van der Waals surface area contributed by atoms with Gasteiger partial charge >= 0.3 is 0 Å². The first-order valence-corrected chi connectivity index (χ1v) is 8.27. The first-order chi connectivity index (χ1) is 8.34. The molecular weight excluding hydrogens is 230 g/mol. The molecule has 17 heavy (non-hydrogen) atoms. The Bertz CT molecular complexity index is 200. The van der Waals surface area contributed by atoms with Gasteiger partial charge < -0.3 is 9.64 Å². The molecule has 0 aromatic carbocycles. The Morgan fingerprint density at radius 3 is 2.71 bits per heavy atom. The standard InChI is InChI=1S/C14H27NOS/c1-15(11-13-7-9-16-12-13)8-10-17-14-5-3-2-4-6-14/h13-14H,2-12H2,1H3. The number of hydrogen-bond acceptors (Lipinski definition) is 3. The fourth-order valence-electron chi connectivity index (χ4n) is 2.87. The van der Waals surface area contributed by atoms with Crippen LogP contribution in [0.4, 0.5) is 0 Å². The lowest BCUT2D eigenvalue weighted by Gasteiger charge is -2.23. The maximum absolute atomic E-state index is 5.43. The van der Waals surface area contributed by atoms with E-state index in [0.717, 1.165) is 24.4 Å². The van der Waals surface area contributed by atoms with Gasteiger partial charge in [0.05, 0.1) is 6.61 Å². The van der Waals surface area contributed by atoms with Gasteiger partial charge in [0, 0.05) is 30.7 Å². The summed E-state index contributed by atoms with van der Waals surface area (Å²) in [5, 5.41) is 0.965. The van der Waals surface area contributed by atoms with E-state index in [1.165, 1.54) is 57.4 Å². The Morgan fingerprint density at radius 1 is 1.18 bits per heavy atom. The topological polar surface area (TPSA) is 12.5 Å². The SMILES string of the molecule is CN(CCSC1CCCCC1)CC1CCOC1. The van der Waals surface area contributed by atoms with E-state index in [2.05, 4.69) is 23.7 Å². The molecule has 1 saturated carbocycles. The van der Waals surface area contributed by atoms with Gasteiger partial charge in [0.25, 0.3) is 0 Å². The van der Waals surface area contributed by atoms with E-state index in [9.17, 15) is 0 Å². The number of hydrogen-bond donors (Lipinski definition) is 0. The molecule has 0 N–H and O–H groups in total. The van der Waals surface area contributed by atoms with E-state index in [1.807, 2.05) is 0 Å². The number of nitrogens with zero attached hydrogens (tertiary/aromatic N) is 1. The van der Waals surface area contributed by atoms with E-state index in [-0.39, 0.29) is 0 Å². The summed E-state index contributed by atoms with van der Waals surface area (Å²) in [6.45, 7) is 4.44. The molecule has 1 aliphatic heterocycles. The van der Waals surface area contributed by atoms with E-state index >= 15 is 0 Å². The molecule has 2 rings (SSSR count). The molecule has 0 amide bonds. The molecule has 0 radical (unpaired) electrons. The van der Waals surface area contributed by atoms with E-state index in [4.69, 9.17) is 4.74 Å². The van der Waals surface area contributed by atoms with E-state index < -0.39 is 0 Å². The minimum atomic E-state index is 0.791. The van der Waals surface area contributed by atoms with Crippen LogP contribution in [0.15, 0.2) is 0 Å². The zero-order valence-electron chi connectivity index (χ0n) is 11.2. The largest absolute Gasteiger partial charge is 0.381 e. The molecule has 0 bridgehead atoms. The zero-order valence-corrected chi connectivity index (χ0v) is 12.0. The van der Waals surface area contributed by atoms with Crippen molar-refractivity contribution in [1.29, 1.82) is 0 Å². The monoisotopic (exact) mass is 257 g/mol. The van der Waals surface area contributed by atoms with E-state index in [1.54, 1.807) is 0 Å². The fourth-order valence-corrected chi connectivity index (χ4v) is 4.28. The van der Waals surface area contributed by atoms with Gasteiger partial charge in [-0.1, -0.05) is 19.3 Å². The normalized spacial score (nSPS) is 26.8. The third-order valence-corrected chi connectivity index (χ3v) is 5.33. The van der Waals surface area contributed by atoms with Crippen LogP contribution in [0.25, 0.3) is 0 Å². The highest BCUT2D eigenvalue weighted by Gasteiger charge is 2.18. The lowest BCUT2D eigenvalue weighted by atomic mass is 10.0. The van der Waals surface area contributed by atoms with Crippen molar-refractivity contribution in [3.05, 3.63) is 0 Å². The number of ether oxygens (including phenoxy) is 1. The van der Waals surface area contributed by atoms with Gasteiger partial charge in [-0.15, -0.1) is 0 Å². The van der Waals surface area contributed by atoms with Crippen LogP contribution in [0.1, 0.15) is 38.5 Å². The minimum absolute atomic E-state index is 0.791. The van der Waals surface area contributed by atoms with Crippen LogP contribution in [0.2, 0.25) is 0 Å². The molecule has 100 valence electrons. The molecule has 3 heteroatoms. The zero-order chi connectivity index (χ0) is 11.9. The van der Waals surface area contributed by atoms with Crippen molar-refractivity contribution < 1.29 is 4.74 Å². The average molecular weight is 257 g/mol. The van der Waals surface area contributed by atoms with Crippen LogP contribution in [0, 0.1) is 5.92 Å². The van der Waals surface area contributed by atoms with Crippen LogP contribution >= 0.6 is 11.8 Å². The Kier molecular flexibility index (Phi) is 6.16. The molecule has 2 fully saturated rings. The molecule has 1 unspecified atom stereocenters. The third-order valence-electron chi connectivity index (χ3n) is 3.97. The second kappa shape index (κ2) is 7.65. The lowest BCUT2D eigenvalue weighted by molar-refractivity contribution is 0.175. The molecule has 1 aliphatic carbocycles. The van der Waals surface area contributed by atoms with Gasteiger partial charge in [0.15, 0.2) is 0 Å². The Balaban J connectivity index is 1.51. The van der Waals surface area contributed by atoms with Crippen molar-refractivity contribution in [2.75, 3.05) is 39.1 Å². The van der Waals surface area contributed by atoms with Crippen LogP contribution in [-0.2, 0) is 4.74 Å².